The largest absolute Gasteiger partial charge is 0.435 e. The van der Waals surface area contributed by atoms with E-state index in [1.54, 1.807) is 6.92 Å². The maximum atomic E-state index is 13.1. The van der Waals surface area contributed by atoms with Crippen molar-refractivity contribution in [2.24, 2.45) is 0 Å². The first-order chi connectivity index (χ1) is 10.4. The Labute approximate surface area is 123 Å². The number of aromatic nitrogens is 4. The number of nitrogens with zero attached hydrogens (tertiary/aromatic N) is 4. The van der Waals surface area contributed by atoms with Crippen molar-refractivity contribution in [3.8, 4) is 0 Å². The van der Waals surface area contributed by atoms with Crippen molar-refractivity contribution in [2.45, 2.75) is 32.5 Å². The van der Waals surface area contributed by atoms with Crippen molar-refractivity contribution < 1.29 is 18.0 Å². The number of amides is 1. The summed E-state index contributed by atoms with van der Waals surface area (Å²) in [6, 6.07) is 0. The van der Waals surface area contributed by atoms with Crippen LogP contribution < -0.4 is 4.90 Å². The molecule has 0 aliphatic carbocycles. The quantitative estimate of drug-likeness (QED) is 0.924. The predicted molar refractivity (Wildman–Crippen MR) is 71.5 cm³/mol. The molecular weight excluding hydrogens is 299 g/mol. The number of rotatable bonds is 2. The van der Waals surface area contributed by atoms with Crippen LogP contribution in [0, 0.1) is 0 Å². The Morgan fingerprint density at radius 2 is 2.23 bits per heavy atom. The van der Waals surface area contributed by atoms with E-state index in [0.29, 0.717) is 18.7 Å². The second-order valence-corrected chi connectivity index (χ2v) is 5.04. The fraction of sp³-hybridized carbons (Fsp3) is 0.462. The van der Waals surface area contributed by atoms with Crippen molar-refractivity contribution in [3.05, 3.63) is 29.3 Å². The van der Waals surface area contributed by atoms with E-state index in [1.807, 2.05) is 0 Å². The summed E-state index contributed by atoms with van der Waals surface area (Å²) in [5, 5.41) is 10.1. The lowest BCUT2D eigenvalue weighted by molar-refractivity contribution is -0.141. The van der Waals surface area contributed by atoms with Gasteiger partial charge in [-0.1, -0.05) is 0 Å². The molecule has 1 N–H and O–H groups in total. The highest BCUT2D eigenvalue weighted by atomic mass is 19.4. The highest BCUT2D eigenvalue weighted by Gasteiger charge is 2.40. The van der Waals surface area contributed by atoms with Gasteiger partial charge in [0, 0.05) is 19.3 Å². The van der Waals surface area contributed by atoms with Crippen molar-refractivity contribution in [3.63, 3.8) is 0 Å². The molecule has 0 aromatic carbocycles. The van der Waals surface area contributed by atoms with Gasteiger partial charge in [-0.15, -0.1) is 0 Å². The number of H-pyrrole nitrogens is 1. The third-order valence-electron chi connectivity index (χ3n) is 3.62. The molecular formula is C13H14F3N5O. The Kier molecular flexibility index (Phi) is 3.42. The molecule has 9 heteroatoms. The van der Waals surface area contributed by atoms with Crippen LogP contribution in [0.2, 0.25) is 0 Å². The topological polar surface area (TPSA) is 66.8 Å². The molecule has 22 heavy (non-hydrogen) atoms. The van der Waals surface area contributed by atoms with Gasteiger partial charge in [0.2, 0.25) is 0 Å². The van der Waals surface area contributed by atoms with Crippen LogP contribution in [0.5, 0.6) is 0 Å². The molecule has 0 fully saturated rings. The summed E-state index contributed by atoms with van der Waals surface area (Å²) in [4.78, 5) is 13.9. The fourth-order valence-electron chi connectivity index (χ4n) is 2.56. The number of halogens is 3. The van der Waals surface area contributed by atoms with E-state index in [-0.39, 0.29) is 6.54 Å². The normalized spacial score (nSPS) is 15.0. The van der Waals surface area contributed by atoms with E-state index in [9.17, 15) is 18.0 Å². The molecule has 1 aliphatic rings. The number of nitrogens with one attached hydrogen (secondary N) is 1. The zero-order chi connectivity index (χ0) is 15.9. The van der Waals surface area contributed by atoms with Gasteiger partial charge < -0.3 is 4.90 Å². The number of hydrogen-bond acceptors (Lipinski definition) is 3. The summed E-state index contributed by atoms with van der Waals surface area (Å²) in [7, 11) is 0. The Hall–Kier alpha value is -2.32. The first-order valence-corrected chi connectivity index (χ1v) is 6.90. The Balaban J connectivity index is 2.02. The Morgan fingerprint density at radius 3 is 2.91 bits per heavy atom. The standard InChI is InChI=1S/C13H14F3N5O/c1-2-20-7-8(11(19-20)13(14,15)16)12(22)21-5-3-4-9-10(21)6-17-18-9/h6-7H,2-5H2,1H3,(H,17,18). The summed E-state index contributed by atoms with van der Waals surface area (Å²) < 4.78 is 40.4. The number of fused-ring (bicyclic) bond motifs is 1. The average Bonchev–Trinajstić information content (AvgIpc) is 3.11. The van der Waals surface area contributed by atoms with Gasteiger partial charge in [0.25, 0.3) is 5.91 Å². The number of aromatic amines is 1. The Bertz CT molecular complexity index is 703. The van der Waals surface area contributed by atoms with Crippen LogP contribution in [0.3, 0.4) is 0 Å². The van der Waals surface area contributed by atoms with Gasteiger partial charge >= 0.3 is 6.18 Å². The summed E-state index contributed by atoms with van der Waals surface area (Å²) in [6.07, 6.45) is -0.659. The number of hydrogen-bond donors (Lipinski definition) is 1. The van der Waals surface area contributed by atoms with E-state index in [2.05, 4.69) is 15.3 Å². The fourth-order valence-corrected chi connectivity index (χ4v) is 2.56. The number of anilines is 1. The molecule has 1 aliphatic heterocycles. The molecule has 0 radical (unpaired) electrons. The van der Waals surface area contributed by atoms with Crippen LogP contribution >= 0.6 is 0 Å². The Morgan fingerprint density at radius 1 is 1.45 bits per heavy atom. The highest BCUT2D eigenvalue weighted by Crippen LogP contribution is 2.33. The van der Waals surface area contributed by atoms with E-state index in [1.165, 1.54) is 11.1 Å². The van der Waals surface area contributed by atoms with Gasteiger partial charge in [0.15, 0.2) is 5.69 Å². The van der Waals surface area contributed by atoms with Gasteiger partial charge in [0.1, 0.15) is 0 Å². The van der Waals surface area contributed by atoms with Gasteiger partial charge in [0.05, 0.1) is 23.1 Å². The minimum atomic E-state index is -4.67. The third-order valence-corrected chi connectivity index (χ3v) is 3.62. The summed E-state index contributed by atoms with van der Waals surface area (Å²) in [5.74, 6) is -0.700. The zero-order valence-corrected chi connectivity index (χ0v) is 11.8. The van der Waals surface area contributed by atoms with Crippen molar-refractivity contribution in [2.75, 3.05) is 11.4 Å². The van der Waals surface area contributed by atoms with Crippen LogP contribution in [0.1, 0.15) is 35.1 Å². The van der Waals surface area contributed by atoms with Crippen LogP contribution in [0.4, 0.5) is 18.9 Å². The smallest absolute Gasteiger partial charge is 0.305 e. The SMILES string of the molecule is CCn1cc(C(=O)N2CCCc3[nH]ncc32)c(C(F)(F)F)n1. The molecule has 0 unspecified atom stereocenters. The molecule has 0 bridgehead atoms. The van der Waals surface area contributed by atoms with Crippen molar-refractivity contribution >= 4 is 11.6 Å². The molecule has 2 aromatic heterocycles. The van der Waals surface area contributed by atoms with Crippen LogP contribution in [0.15, 0.2) is 12.4 Å². The predicted octanol–water partition coefficient (Wildman–Crippen LogP) is 2.24. The van der Waals surface area contributed by atoms with E-state index < -0.39 is 23.3 Å². The minimum absolute atomic E-state index is 0.257. The lowest BCUT2D eigenvalue weighted by atomic mass is 10.1. The number of aryl methyl sites for hydroxylation is 2. The van der Waals surface area contributed by atoms with E-state index in [0.717, 1.165) is 23.0 Å². The monoisotopic (exact) mass is 313 g/mol. The number of carbonyl (C=O) groups is 1. The summed E-state index contributed by atoms with van der Waals surface area (Å²) >= 11 is 0. The molecule has 3 heterocycles. The van der Waals surface area contributed by atoms with Crippen molar-refractivity contribution in [1.82, 2.24) is 20.0 Å². The first kappa shape index (κ1) is 14.6. The molecule has 0 saturated heterocycles. The molecule has 0 saturated carbocycles. The molecule has 2 aromatic rings. The third kappa shape index (κ3) is 2.36. The maximum absolute atomic E-state index is 13.1. The van der Waals surface area contributed by atoms with E-state index in [4.69, 9.17) is 0 Å². The lowest BCUT2D eigenvalue weighted by Crippen LogP contribution is -2.36. The van der Waals surface area contributed by atoms with E-state index >= 15 is 0 Å². The van der Waals surface area contributed by atoms with Crippen LogP contribution in [0.25, 0.3) is 0 Å². The van der Waals surface area contributed by atoms with Crippen LogP contribution in [-0.2, 0) is 19.1 Å². The summed E-state index contributed by atoms with van der Waals surface area (Å²) in [5.41, 5.74) is -0.275. The van der Waals surface area contributed by atoms with Crippen LogP contribution in [-0.4, -0.2) is 32.4 Å². The van der Waals surface area contributed by atoms with Gasteiger partial charge in [-0.3, -0.25) is 14.6 Å². The zero-order valence-electron chi connectivity index (χ0n) is 11.8. The maximum Gasteiger partial charge on any atom is 0.435 e. The minimum Gasteiger partial charge on any atom is -0.305 e. The molecule has 118 valence electrons. The molecule has 0 atom stereocenters. The van der Waals surface area contributed by atoms with Crippen molar-refractivity contribution in [1.29, 1.82) is 0 Å². The van der Waals surface area contributed by atoms with Gasteiger partial charge in [-0.05, 0) is 19.8 Å². The highest BCUT2D eigenvalue weighted by molar-refractivity contribution is 6.07. The molecule has 1 amide bonds. The first-order valence-electron chi connectivity index (χ1n) is 6.90. The average molecular weight is 313 g/mol. The number of alkyl halides is 3. The van der Waals surface area contributed by atoms with Gasteiger partial charge in [-0.2, -0.15) is 23.4 Å². The molecule has 0 spiro atoms. The van der Waals surface area contributed by atoms with Gasteiger partial charge in [-0.25, -0.2) is 0 Å². The second-order valence-electron chi connectivity index (χ2n) is 5.04. The summed E-state index contributed by atoms with van der Waals surface area (Å²) in [6.45, 7) is 2.28. The molecule has 3 rings (SSSR count). The lowest BCUT2D eigenvalue weighted by Gasteiger charge is -2.26. The molecule has 6 nitrogen and oxygen atoms in total. The second kappa shape index (κ2) is 5.15. The number of carbonyl (C=O) groups excluding carboxylic acids is 1.